The molecular formula is C17H19N3O. The minimum atomic E-state index is 0.196. The number of anilines is 1. The van der Waals surface area contributed by atoms with Crippen molar-refractivity contribution in [1.82, 2.24) is 9.38 Å². The van der Waals surface area contributed by atoms with Crippen molar-refractivity contribution in [2.24, 2.45) is 0 Å². The topological polar surface area (TPSA) is 38.6 Å². The molecule has 1 aromatic carbocycles. The molecule has 0 saturated carbocycles. The molecule has 0 unspecified atom stereocenters. The minimum absolute atomic E-state index is 0.196. The third-order valence-electron chi connectivity index (χ3n) is 3.11. The molecule has 0 radical (unpaired) electrons. The predicted molar refractivity (Wildman–Crippen MR) is 84.7 cm³/mol. The van der Waals surface area contributed by atoms with Gasteiger partial charge in [-0.2, -0.15) is 0 Å². The monoisotopic (exact) mass is 281 g/mol. The van der Waals surface area contributed by atoms with Crippen LogP contribution in [0, 0.1) is 0 Å². The Morgan fingerprint density at radius 2 is 1.95 bits per heavy atom. The van der Waals surface area contributed by atoms with Gasteiger partial charge in [0.2, 0.25) is 0 Å². The summed E-state index contributed by atoms with van der Waals surface area (Å²) in [5.41, 5.74) is 3.04. The van der Waals surface area contributed by atoms with E-state index in [9.17, 15) is 0 Å². The van der Waals surface area contributed by atoms with E-state index >= 15 is 0 Å². The van der Waals surface area contributed by atoms with Gasteiger partial charge in [0, 0.05) is 18.1 Å². The summed E-state index contributed by atoms with van der Waals surface area (Å²) < 4.78 is 7.65. The number of hydrogen-bond donors (Lipinski definition) is 1. The Hall–Kier alpha value is -2.49. The van der Waals surface area contributed by atoms with Gasteiger partial charge in [-0.25, -0.2) is 4.98 Å². The Kier molecular flexibility index (Phi) is 3.77. The lowest BCUT2D eigenvalue weighted by molar-refractivity contribution is 0.242. The van der Waals surface area contributed by atoms with Crippen molar-refractivity contribution < 1.29 is 4.74 Å². The van der Waals surface area contributed by atoms with Gasteiger partial charge >= 0.3 is 0 Å². The average Bonchev–Trinajstić information content (AvgIpc) is 2.89. The standard InChI is InChI=1S/C17H19N3O/c1-13(2)21-16-8-6-14(7-9-16)18-11-15-12-20-10-4-3-5-17(20)19-15/h3-10,12-13,18H,11H2,1-2H3. The molecule has 21 heavy (non-hydrogen) atoms. The van der Waals surface area contributed by atoms with Gasteiger partial charge in [-0.1, -0.05) is 6.07 Å². The normalized spacial score (nSPS) is 11.0. The number of benzene rings is 1. The highest BCUT2D eigenvalue weighted by Gasteiger charge is 2.01. The molecule has 108 valence electrons. The molecule has 0 amide bonds. The fourth-order valence-electron chi connectivity index (χ4n) is 2.19. The van der Waals surface area contributed by atoms with Gasteiger partial charge < -0.3 is 14.5 Å². The number of nitrogens with zero attached hydrogens (tertiary/aromatic N) is 2. The van der Waals surface area contributed by atoms with Gasteiger partial charge in [0.15, 0.2) is 0 Å². The van der Waals surface area contributed by atoms with E-state index in [0.717, 1.165) is 22.8 Å². The van der Waals surface area contributed by atoms with Crippen LogP contribution in [-0.2, 0) is 6.54 Å². The zero-order valence-electron chi connectivity index (χ0n) is 12.3. The quantitative estimate of drug-likeness (QED) is 0.774. The third kappa shape index (κ3) is 3.34. The van der Waals surface area contributed by atoms with Crippen LogP contribution in [0.1, 0.15) is 19.5 Å². The van der Waals surface area contributed by atoms with Crippen LogP contribution in [0.2, 0.25) is 0 Å². The highest BCUT2D eigenvalue weighted by molar-refractivity contribution is 5.47. The van der Waals surface area contributed by atoms with Crippen LogP contribution in [0.15, 0.2) is 54.9 Å². The van der Waals surface area contributed by atoms with Gasteiger partial charge in [0.05, 0.1) is 18.3 Å². The molecule has 2 heterocycles. The second kappa shape index (κ2) is 5.87. The fourth-order valence-corrected chi connectivity index (χ4v) is 2.19. The van der Waals surface area contributed by atoms with Gasteiger partial charge in [-0.05, 0) is 50.2 Å². The molecule has 0 spiro atoms. The molecule has 0 saturated heterocycles. The number of imidazole rings is 1. The predicted octanol–water partition coefficient (Wildman–Crippen LogP) is 3.73. The number of pyridine rings is 1. The van der Waals surface area contributed by atoms with Crippen molar-refractivity contribution in [3.8, 4) is 5.75 Å². The molecule has 0 fully saturated rings. The average molecular weight is 281 g/mol. The van der Waals surface area contributed by atoms with E-state index in [1.807, 2.05) is 73.1 Å². The first-order chi connectivity index (χ1) is 10.2. The highest BCUT2D eigenvalue weighted by Crippen LogP contribution is 2.17. The van der Waals surface area contributed by atoms with Crippen molar-refractivity contribution in [2.45, 2.75) is 26.5 Å². The molecule has 4 heteroatoms. The van der Waals surface area contributed by atoms with Crippen LogP contribution < -0.4 is 10.1 Å². The molecule has 3 rings (SSSR count). The van der Waals surface area contributed by atoms with Crippen LogP contribution in [0.5, 0.6) is 5.75 Å². The summed E-state index contributed by atoms with van der Waals surface area (Å²) in [5, 5.41) is 3.37. The molecule has 0 aliphatic heterocycles. The smallest absolute Gasteiger partial charge is 0.137 e. The van der Waals surface area contributed by atoms with E-state index in [0.29, 0.717) is 6.54 Å². The van der Waals surface area contributed by atoms with E-state index in [2.05, 4.69) is 10.3 Å². The SMILES string of the molecule is CC(C)Oc1ccc(NCc2cn3ccccc3n2)cc1. The lowest BCUT2D eigenvalue weighted by atomic mass is 10.3. The van der Waals surface area contributed by atoms with Crippen molar-refractivity contribution in [3.63, 3.8) is 0 Å². The fraction of sp³-hybridized carbons (Fsp3) is 0.235. The zero-order chi connectivity index (χ0) is 14.7. The summed E-state index contributed by atoms with van der Waals surface area (Å²) in [5.74, 6) is 0.892. The first kappa shape index (κ1) is 13.5. The second-order valence-electron chi connectivity index (χ2n) is 5.24. The first-order valence-electron chi connectivity index (χ1n) is 7.14. The van der Waals surface area contributed by atoms with E-state index in [1.165, 1.54) is 0 Å². The molecule has 0 bridgehead atoms. The van der Waals surface area contributed by atoms with Crippen molar-refractivity contribution in [2.75, 3.05) is 5.32 Å². The summed E-state index contributed by atoms with van der Waals surface area (Å²) >= 11 is 0. The maximum atomic E-state index is 5.63. The summed E-state index contributed by atoms with van der Waals surface area (Å²) in [4.78, 5) is 4.56. The molecule has 3 aromatic rings. The zero-order valence-corrected chi connectivity index (χ0v) is 12.3. The molecule has 0 aliphatic rings. The number of nitrogens with one attached hydrogen (secondary N) is 1. The lowest BCUT2D eigenvalue weighted by Gasteiger charge is -2.10. The summed E-state index contributed by atoms with van der Waals surface area (Å²) in [6.07, 6.45) is 4.24. The van der Waals surface area contributed by atoms with Crippen molar-refractivity contribution in [1.29, 1.82) is 0 Å². The Bertz CT molecular complexity index is 683. The number of aromatic nitrogens is 2. The summed E-state index contributed by atoms with van der Waals surface area (Å²) in [7, 11) is 0. The Balaban J connectivity index is 1.64. The largest absolute Gasteiger partial charge is 0.491 e. The highest BCUT2D eigenvalue weighted by atomic mass is 16.5. The third-order valence-corrected chi connectivity index (χ3v) is 3.11. The molecule has 0 aliphatic carbocycles. The van der Waals surface area contributed by atoms with Crippen molar-refractivity contribution >= 4 is 11.3 Å². The maximum Gasteiger partial charge on any atom is 0.137 e. The Morgan fingerprint density at radius 1 is 1.14 bits per heavy atom. The second-order valence-corrected chi connectivity index (χ2v) is 5.24. The Morgan fingerprint density at radius 3 is 2.67 bits per heavy atom. The van der Waals surface area contributed by atoms with Gasteiger partial charge in [-0.3, -0.25) is 0 Å². The number of hydrogen-bond acceptors (Lipinski definition) is 3. The maximum absolute atomic E-state index is 5.63. The minimum Gasteiger partial charge on any atom is -0.491 e. The molecular weight excluding hydrogens is 262 g/mol. The molecule has 2 aromatic heterocycles. The number of ether oxygens (including phenoxy) is 1. The first-order valence-corrected chi connectivity index (χ1v) is 7.14. The number of fused-ring (bicyclic) bond motifs is 1. The van der Waals surface area contributed by atoms with E-state index < -0.39 is 0 Å². The van der Waals surface area contributed by atoms with Gasteiger partial charge in [-0.15, -0.1) is 0 Å². The van der Waals surface area contributed by atoms with E-state index in [1.54, 1.807) is 0 Å². The van der Waals surface area contributed by atoms with E-state index in [-0.39, 0.29) is 6.10 Å². The van der Waals surface area contributed by atoms with Crippen LogP contribution in [0.4, 0.5) is 5.69 Å². The van der Waals surface area contributed by atoms with Crippen LogP contribution in [0.25, 0.3) is 5.65 Å². The van der Waals surface area contributed by atoms with Gasteiger partial charge in [0.1, 0.15) is 11.4 Å². The van der Waals surface area contributed by atoms with E-state index in [4.69, 9.17) is 4.74 Å². The van der Waals surface area contributed by atoms with Crippen LogP contribution in [-0.4, -0.2) is 15.5 Å². The van der Waals surface area contributed by atoms with Crippen LogP contribution >= 0.6 is 0 Å². The molecule has 0 atom stereocenters. The number of rotatable bonds is 5. The summed E-state index contributed by atoms with van der Waals surface area (Å²) in [6, 6.07) is 14.0. The van der Waals surface area contributed by atoms with Crippen LogP contribution in [0.3, 0.4) is 0 Å². The van der Waals surface area contributed by atoms with Gasteiger partial charge in [0.25, 0.3) is 0 Å². The van der Waals surface area contributed by atoms with Crippen molar-refractivity contribution in [3.05, 3.63) is 60.6 Å². The molecule has 4 nitrogen and oxygen atoms in total. The lowest BCUT2D eigenvalue weighted by Crippen LogP contribution is -2.05. The summed E-state index contributed by atoms with van der Waals surface area (Å²) in [6.45, 7) is 4.75. The molecule has 1 N–H and O–H groups in total. The Labute approximate surface area is 124 Å².